The standard InChI is InChI=1S/C14H20N4/c1-11-16-13-5-3-4-6-14(13)18(11)8-7-12-9-15-17(2)10-12/h9-10H,3-8H2,1-2H3. The van der Waals surface area contributed by atoms with E-state index >= 15 is 0 Å². The fourth-order valence-corrected chi connectivity index (χ4v) is 2.87. The Hall–Kier alpha value is -1.58. The van der Waals surface area contributed by atoms with Gasteiger partial charge in [-0.2, -0.15) is 5.10 Å². The summed E-state index contributed by atoms with van der Waals surface area (Å²) in [5, 5.41) is 4.22. The molecule has 0 N–H and O–H groups in total. The average molecular weight is 244 g/mol. The Kier molecular flexibility index (Phi) is 2.94. The maximum absolute atomic E-state index is 4.71. The van der Waals surface area contributed by atoms with Crippen LogP contribution in [0.1, 0.15) is 35.6 Å². The number of hydrogen-bond acceptors (Lipinski definition) is 2. The van der Waals surface area contributed by atoms with E-state index in [1.54, 1.807) is 0 Å². The van der Waals surface area contributed by atoms with E-state index in [1.165, 1.54) is 42.0 Å². The fourth-order valence-electron chi connectivity index (χ4n) is 2.87. The third kappa shape index (κ3) is 2.07. The Morgan fingerprint density at radius 2 is 2.11 bits per heavy atom. The van der Waals surface area contributed by atoms with Crippen LogP contribution in [0.5, 0.6) is 0 Å². The second-order valence-corrected chi connectivity index (χ2v) is 5.18. The molecule has 0 amide bonds. The van der Waals surface area contributed by atoms with Crippen molar-refractivity contribution in [1.82, 2.24) is 19.3 Å². The first-order chi connectivity index (χ1) is 8.74. The number of hydrogen-bond donors (Lipinski definition) is 0. The highest BCUT2D eigenvalue weighted by Gasteiger charge is 2.17. The van der Waals surface area contributed by atoms with Crippen LogP contribution < -0.4 is 0 Å². The van der Waals surface area contributed by atoms with Crippen LogP contribution in [0.4, 0.5) is 0 Å². The molecule has 0 unspecified atom stereocenters. The second-order valence-electron chi connectivity index (χ2n) is 5.18. The molecule has 18 heavy (non-hydrogen) atoms. The Labute approximate surface area is 108 Å². The molecular formula is C14H20N4. The van der Waals surface area contributed by atoms with E-state index in [0.717, 1.165) is 19.4 Å². The minimum Gasteiger partial charge on any atom is -0.332 e. The molecule has 0 saturated heterocycles. The van der Waals surface area contributed by atoms with Crippen LogP contribution in [0.3, 0.4) is 0 Å². The van der Waals surface area contributed by atoms with Gasteiger partial charge >= 0.3 is 0 Å². The average Bonchev–Trinajstić information content (AvgIpc) is 2.90. The summed E-state index contributed by atoms with van der Waals surface area (Å²) in [6, 6.07) is 0. The Bertz CT molecular complexity index is 550. The Morgan fingerprint density at radius 1 is 1.28 bits per heavy atom. The first-order valence-electron chi connectivity index (χ1n) is 6.76. The van der Waals surface area contributed by atoms with Gasteiger partial charge in [0.2, 0.25) is 0 Å². The molecule has 0 bridgehead atoms. The Morgan fingerprint density at radius 3 is 2.89 bits per heavy atom. The van der Waals surface area contributed by atoms with Crippen molar-refractivity contribution in [3.63, 3.8) is 0 Å². The topological polar surface area (TPSA) is 35.6 Å². The summed E-state index contributed by atoms with van der Waals surface area (Å²) in [6.07, 6.45) is 10.1. The number of fused-ring (bicyclic) bond motifs is 1. The lowest BCUT2D eigenvalue weighted by Gasteiger charge is -2.14. The molecule has 2 aromatic rings. The molecule has 0 spiro atoms. The van der Waals surface area contributed by atoms with Crippen molar-refractivity contribution < 1.29 is 0 Å². The molecule has 0 fully saturated rings. The molecule has 3 rings (SSSR count). The summed E-state index contributed by atoms with van der Waals surface area (Å²) in [6.45, 7) is 3.15. The van der Waals surface area contributed by atoms with Gasteiger partial charge in [-0.05, 0) is 44.6 Å². The lowest BCUT2D eigenvalue weighted by atomic mass is 10.0. The lowest BCUT2D eigenvalue weighted by molar-refractivity contribution is 0.595. The molecule has 0 radical (unpaired) electrons. The maximum Gasteiger partial charge on any atom is 0.106 e. The van der Waals surface area contributed by atoms with Crippen molar-refractivity contribution in [2.45, 2.75) is 45.6 Å². The summed E-state index contributed by atoms with van der Waals surface area (Å²) in [5.74, 6) is 1.17. The first kappa shape index (κ1) is 11.5. The predicted octanol–water partition coefficient (Wildman–Crippen LogP) is 2.05. The van der Waals surface area contributed by atoms with Crippen LogP contribution in [0, 0.1) is 6.92 Å². The Balaban J connectivity index is 1.78. The van der Waals surface area contributed by atoms with Gasteiger partial charge < -0.3 is 4.57 Å². The minimum atomic E-state index is 1.03. The SMILES string of the molecule is Cc1nc2c(n1CCc1cnn(C)c1)CCCC2. The number of aromatic nitrogens is 4. The van der Waals surface area contributed by atoms with Gasteiger partial charge in [0.1, 0.15) is 5.82 Å². The molecule has 2 aromatic heterocycles. The van der Waals surface area contributed by atoms with E-state index in [9.17, 15) is 0 Å². The zero-order valence-electron chi connectivity index (χ0n) is 11.2. The van der Waals surface area contributed by atoms with Gasteiger partial charge in [0, 0.05) is 25.5 Å². The molecule has 0 atom stereocenters. The van der Waals surface area contributed by atoms with Crippen LogP contribution in [-0.4, -0.2) is 19.3 Å². The molecule has 4 nitrogen and oxygen atoms in total. The normalized spacial score (nSPS) is 14.8. The van der Waals surface area contributed by atoms with Crippen LogP contribution >= 0.6 is 0 Å². The number of aryl methyl sites for hydroxylation is 4. The van der Waals surface area contributed by atoms with Crippen molar-refractivity contribution in [2.75, 3.05) is 0 Å². The third-order valence-corrected chi connectivity index (χ3v) is 3.81. The van der Waals surface area contributed by atoms with Gasteiger partial charge in [0.15, 0.2) is 0 Å². The monoisotopic (exact) mass is 244 g/mol. The summed E-state index contributed by atoms with van der Waals surface area (Å²) < 4.78 is 4.27. The molecule has 4 heteroatoms. The number of imidazole rings is 1. The van der Waals surface area contributed by atoms with Gasteiger partial charge in [-0.3, -0.25) is 4.68 Å². The van der Waals surface area contributed by atoms with E-state index in [4.69, 9.17) is 4.98 Å². The highest BCUT2D eigenvalue weighted by molar-refractivity contribution is 5.20. The van der Waals surface area contributed by atoms with E-state index in [1.807, 2.05) is 17.9 Å². The van der Waals surface area contributed by atoms with E-state index in [0.29, 0.717) is 0 Å². The molecule has 0 aliphatic heterocycles. The molecular weight excluding hydrogens is 224 g/mol. The molecule has 0 saturated carbocycles. The van der Waals surface area contributed by atoms with Crippen molar-refractivity contribution in [2.24, 2.45) is 7.05 Å². The highest BCUT2D eigenvalue weighted by atomic mass is 15.2. The molecule has 96 valence electrons. The fraction of sp³-hybridized carbons (Fsp3) is 0.571. The summed E-state index contributed by atoms with van der Waals surface area (Å²) in [5.41, 5.74) is 4.11. The zero-order chi connectivity index (χ0) is 12.5. The number of rotatable bonds is 3. The van der Waals surface area contributed by atoms with Crippen molar-refractivity contribution in [3.8, 4) is 0 Å². The second kappa shape index (κ2) is 4.59. The van der Waals surface area contributed by atoms with Crippen LogP contribution in [-0.2, 0) is 32.9 Å². The summed E-state index contributed by atoms with van der Waals surface area (Å²) >= 11 is 0. The first-order valence-corrected chi connectivity index (χ1v) is 6.76. The molecule has 1 aliphatic carbocycles. The van der Waals surface area contributed by atoms with Crippen molar-refractivity contribution >= 4 is 0 Å². The van der Waals surface area contributed by atoms with E-state index in [-0.39, 0.29) is 0 Å². The number of nitrogens with zero attached hydrogens (tertiary/aromatic N) is 4. The summed E-state index contributed by atoms with van der Waals surface area (Å²) in [7, 11) is 1.97. The third-order valence-electron chi connectivity index (χ3n) is 3.81. The van der Waals surface area contributed by atoms with E-state index < -0.39 is 0 Å². The zero-order valence-corrected chi connectivity index (χ0v) is 11.2. The summed E-state index contributed by atoms with van der Waals surface area (Å²) in [4.78, 5) is 4.71. The maximum atomic E-state index is 4.71. The molecule has 0 aromatic carbocycles. The van der Waals surface area contributed by atoms with Crippen LogP contribution in [0.2, 0.25) is 0 Å². The van der Waals surface area contributed by atoms with E-state index in [2.05, 4.69) is 22.8 Å². The van der Waals surface area contributed by atoms with Crippen molar-refractivity contribution in [3.05, 3.63) is 35.2 Å². The van der Waals surface area contributed by atoms with Crippen LogP contribution in [0.25, 0.3) is 0 Å². The molecule has 2 heterocycles. The lowest BCUT2D eigenvalue weighted by Crippen LogP contribution is -2.10. The quantitative estimate of drug-likeness (QED) is 0.828. The van der Waals surface area contributed by atoms with Gasteiger partial charge in [-0.1, -0.05) is 0 Å². The van der Waals surface area contributed by atoms with Gasteiger partial charge in [0.25, 0.3) is 0 Å². The predicted molar refractivity (Wildman–Crippen MR) is 70.5 cm³/mol. The molecule has 1 aliphatic rings. The van der Waals surface area contributed by atoms with Gasteiger partial charge in [0.05, 0.1) is 11.9 Å². The largest absolute Gasteiger partial charge is 0.332 e. The van der Waals surface area contributed by atoms with Gasteiger partial charge in [-0.15, -0.1) is 0 Å². The minimum absolute atomic E-state index is 1.03. The van der Waals surface area contributed by atoms with Crippen molar-refractivity contribution in [1.29, 1.82) is 0 Å². The smallest absolute Gasteiger partial charge is 0.106 e. The van der Waals surface area contributed by atoms with Crippen LogP contribution in [0.15, 0.2) is 12.4 Å². The van der Waals surface area contributed by atoms with Gasteiger partial charge in [-0.25, -0.2) is 4.98 Å². The highest BCUT2D eigenvalue weighted by Crippen LogP contribution is 2.22.